The van der Waals surface area contributed by atoms with Crippen molar-refractivity contribution in [2.24, 2.45) is 5.18 Å². The van der Waals surface area contributed by atoms with Crippen molar-refractivity contribution >= 4 is 5.69 Å². The van der Waals surface area contributed by atoms with Gasteiger partial charge in [-0.2, -0.15) is 0 Å². The van der Waals surface area contributed by atoms with Crippen LogP contribution in [0.5, 0.6) is 11.5 Å². The quantitative estimate of drug-likeness (QED) is 0.791. The van der Waals surface area contributed by atoms with Crippen LogP contribution in [0.1, 0.15) is 16.7 Å². The summed E-state index contributed by atoms with van der Waals surface area (Å²) in [6.45, 7) is 2.46. The van der Waals surface area contributed by atoms with Crippen LogP contribution >= 0.6 is 0 Å². The highest BCUT2D eigenvalue weighted by molar-refractivity contribution is 5.46. The molecule has 1 heterocycles. The fourth-order valence-corrected chi connectivity index (χ4v) is 2.84. The zero-order valence-corrected chi connectivity index (χ0v) is 12.7. The molecule has 0 radical (unpaired) electrons. The Labute approximate surface area is 129 Å². The lowest BCUT2D eigenvalue weighted by Crippen LogP contribution is -2.16. The Balaban J connectivity index is 1.77. The van der Waals surface area contributed by atoms with Crippen molar-refractivity contribution in [3.05, 3.63) is 58.0 Å². The second-order valence-electron chi connectivity index (χ2n) is 5.37. The van der Waals surface area contributed by atoms with E-state index in [1.54, 1.807) is 20.3 Å². The Bertz CT molecular complexity index is 700. The third kappa shape index (κ3) is 2.80. The number of rotatable bonds is 5. The number of fused-ring (bicyclic) bond motifs is 1. The van der Waals surface area contributed by atoms with Gasteiger partial charge in [-0.25, -0.2) is 0 Å². The molecule has 5 heteroatoms. The van der Waals surface area contributed by atoms with E-state index in [0.717, 1.165) is 36.7 Å². The minimum atomic E-state index is 0.489. The van der Waals surface area contributed by atoms with E-state index in [2.05, 4.69) is 10.1 Å². The molecule has 0 saturated carbocycles. The Morgan fingerprint density at radius 1 is 1.05 bits per heavy atom. The van der Waals surface area contributed by atoms with E-state index in [9.17, 15) is 4.91 Å². The van der Waals surface area contributed by atoms with Crippen LogP contribution in [-0.2, 0) is 19.6 Å². The van der Waals surface area contributed by atoms with Gasteiger partial charge in [0.15, 0.2) is 0 Å². The van der Waals surface area contributed by atoms with Crippen LogP contribution in [0, 0.1) is 4.91 Å². The molecule has 5 nitrogen and oxygen atoms in total. The molecule has 0 N–H and O–H groups in total. The standard InChI is InChI=1S/C17H18N2O3/c1-21-16-6-4-13(17(8-16)22-2)10-19-9-12-3-5-15(18-20)7-14(12)11-19/h3-8H,9-11H2,1-2H3. The van der Waals surface area contributed by atoms with Gasteiger partial charge in [-0.1, -0.05) is 12.1 Å². The largest absolute Gasteiger partial charge is 0.497 e. The fourth-order valence-electron chi connectivity index (χ4n) is 2.84. The van der Waals surface area contributed by atoms with Gasteiger partial charge in [0.05, 0.1) is 14.2 Å². The van der Waals surface area contributed by atoms with E-state index in [0.29, 0.717) is 5.69 Å². The zero-order valence-electron chi connectivity index (χ0n) is 12.7. The summed E-state index contributed by atoms with van der Waals surface area (Å²) < 4.78 is 10.7. The lowest BCUT2D eigenvalue weighted by molar-refractivity contribution is 0.269. The van der Waals surface area contributed by atoms with Gasteiger partial charge in [-0.3, -0.25) is 4.90 Å². The number of ether oxygens (including phenoxy) is 2. The second-order valence-corrected chi connectivity index (χ2v) is 5.37. The highest BCUT2D eigenvalue weighted by Crippen LogP contribution is 2.31. The molecule has 3 rings (SSSR count). The van der Waals surface area contributed by atoms with E-state index in [-0.39, 0.29) is 0 Å². The average Bonchev–Trinajstić information content (AvgIpc) is 2.96. The summed E-state index contributed by atoms with van der Waals surface area (Å²) in [5.74, 6) is 1.61. The molecule has 22 heavy (non-hydrogen) atoms. The molecule has 1 aliphatic heterocycles. The minimum Gasteiger partial charge on any atom is -0.497 e. The number of methoxy groups -OCH3 is 2. The van der Waals surface area contributed by atoms with Gasteiger partial charge in [0.2, 0.25) is 0 Å². The van der Waals surface area contributed by atoms with E-state index in [4.69, 9.17) is 9.47 Å². The van der Waals surface area contributed by atoms with Gasteiger partial charge >= 0.3 is 0 Å². The summed E-state index contributed by atoms with van der Waals surface area (Å²) in [5, 5.41) is 3.00. The SMILES string of the molecule is COc1ccc(CN2Cc3ccc(N=O)cc3C2)c(OC)c1. The van der Waals surface area contributed by atoms with E-state index >= 15 is 0 Å². The van der Waals surface area contributed by atoms with E-state index in [1.165, 1.54) is 11.1 Å². The number of nitrogens with zero attached hydrogens (tertiary/aromatic N) is 2. The molecular weight excluding hydrogens is 280 g/mol. The Morgan fingerprint density at radius 3 is 2.59 bits per heavy atom. The first-order valence-electron chi connectivity index (χ1n) is 7.12. The van der Waals surface area contributed by atoms with Crippen molar-refractivity contribution in [3.63, 3.8) is 0 Å². The molecule has 0 spiro atoms. The lowest BCUT2D eigenvalue weighted by Gasteiger charge is -2.17. The molecule has 0 aromatic heterocycles. The molecule has 114 valence electrons. The monoisotopic (exact) mass is 298 g/mol. The van der Waals surface area contributed by atoms with Crippen molar-refractivity contribution in [1.82, 2.24) is 4.90 Å². The molecule has 2 aromatic carbocycles. The number of benzene rings is 2. The summed E-state index contributed by atoms with van der Waals surface area (Å²) >= 11 is 0. The van der Waals surface area contributed by atoms with Gasteiger partial charge in [0.25, 0.3) is 0 Å². The molecule has 1 aliphatic rings. The van der Waals surface area contributed by atoms with Crippen LogP contribution in [0.3, 0.4) is 0 Å². The maximum atomic E-state index is 10.6. The number of hydrogen-bond acceptors (Lipinski definition) is 5. The maximum Gasteiger partial charge on any atom is 0.127 e. The molecule has 0 bridgehead atoms. The first-order chi connectivity index (χ1) is 10.7. The van der Waals surface area contributed by atoms with Crippen LogP contribution in [0.25, 0.3) is 0 Å². The van der Waals surface area contributed by atoms with Crippen molar-refractivity contribution < 1.29 is 9.47 Å². The van der Waals surface area contributed by atoms with Gasteiger partial charge in [0, 0.05) is 31.3 Å². The van der Waals surface area contributed by atoms with Crippen molar-refractivity contribution in [3.8, 4) is 11.5 Å². The summed E-state index contributed by atoms with van der Waals surface area (Å²) in [6.07, 6.45) is 0. The van der Waals surface area contributed by atoms with Gasteiger partial charge in [-0.05, 0) is 34.5 Å². The number of nitroso groups, excluding NO2 is 1. The molecule has 0 aliphatic carbocycles. The predicted molar refractivity (Wildman–Crippen MR) is 84.4 cm³/mol. The Hall–Kier alpha value is -2.40. The maximum absolute atomic E-state index is 10.6. The zero-order chi connectivity index (χ0) is 15.5. The summed E-state index contributed by atoms with van der Waals surface area (Å²) in [7, 11) is 3.31. The molecule has 0 saturated heterocycles. The molecular formula is C17H18N2O3. The molecule has 0 unspecified atom stereocenters. The minimum absolute atomic E-state index is 0.489. The van der Waals surface area contributed by atoms with Crippen LogP contribution in [-0.4, -0.2) is 19.1 Å². The second kappa shape index (κ2) is 6.15. The van der Waals surface area contributed by atoms with Gasteiger partial charge in [0.1, 0.15) is 17.2 Å². The van der Waals surface area contributed by atoms with Crippen LogP contribution in [0.15, 0.2) is 41.6 Å². The summed E-state index contributed by atoms with van der Waals surface area (Å²) in [6, 6.07) is 11.5. The lowest BCUT2D eigenvalue weighted by atomic mass is 10.1. The molecule has 0 atom stereocenters. The smallest absolute Gasteiger partial charge is 0.127 e. The Morgan fingerprint density at radius 2 is 1.86 bits per heavy atom. The predicted octanol–water partition coefficient (Wildman–Crippen LogP) is 3.62. The highest BCUT2D eigenvalue weighted by atomic mass is 16.5. The fraction of sp³-hybridized carbons (Fsp3) is 0.294. The van der Waals surface area contributed by atoms with Gasteiger partial charge in [-0.15, -0.1) is 4.91 Å². The van der Waals surface area contributed by atoms with Crippen molar-refractivity contribution in [2.45, 2.75) is 19.6 Å². The van der Waals surface area contributed by atoms with E-state index < -0.39 is 0 Å². The van der Waals surface area contributed by atoms with Crippen LogP contribution in [0.4, 0.5) is 5.69 Å². The summed E-state index contributed by atoms with van der Waals surface area (Å²) in [4.78, 5) is 12.9. The van der Waals surface area contributed by atoms with Crippen LogP contribution < -0.4 is 9.47 Å². The first kappa shape index (κ1) is 14.5. The molecule has 0 fully saturated rings. The third-order valence-electron chi connectivity index (χ3n) is 3.97. The number of hydrogen-bond donors (Lipinski definition) is 0. The normalized spacial score (nSPS) is 13.7. The van der Waals surface area contributed by atoms with Gasteiger partial charge < -0.3 is 9.47 Å². The van der Waals surface area contributed by atoms with Crippen molar-refractivity contribution in [2.75, 3.05) is 14.2 Å². The van der Waals surface area contributed by atoms with E-state index in [1.807, 2.05) is 30.3 Å². The van der Waals surface area contributed by atoms with Crippen molar-refractivity contribution in [1.29, 1.82) is 0 Å². The third-order valence-corrected chi connectivity index (χ3v) is 3.97. The first-order valence-corrected chi connectivity index (χ1v) is 7.12. The Kier molecular flexibility index (Phi) is 4.06. The highest BCUT2D eigenvalue weighted by Gasteiger charge is 2.20. The van der Waals surface area contributed by atoms with Crippen LogP contribution in [0.2, 0.25) is 0 Å². The average molecular weight is 298 g/mol. The molecule has 0 amide bonds. The molecule has 2 aromatic rings. The topological polar surface area (TPSA) is 51.1 Å². The summed E-state index contributed by atoms with van der Waals surface area (Å²) in [5.41, 5.74) is 4.02.